The molecule has 1 aromatic carbocycles. The van der Waals surface area contributed by atoms with Gasteiger partial charge in [0.05, 0.1) is 11.6 Å². The average molecular weight is 260 g/mol. The molecule has 0 saturated carbocycles. The van der Waals surface area contributed by atoms with E-state index in [1.54, 1.807) is 6.07 Å². The number of methoxy groups -OCH3 is 1. The van der Waals surface area contributed by atoms with E-state index in [0.29, 0.717) is 10.2 Å². The van der Waals surface area contributed by atoms with Gasteiger partial charge in [-0.05, 0) is 47.0 Å². The highest BCUT2D eigenvalue weighted by Gasteiger charge is 2.09. The zero-order valence-corrected chi connectivity index (χ0v) is 9.84. The maximum atomic E-state index is 9.55. The molecule has 0 amide bonds. The minimum absolute atomic E-state index is 0.0937. The van der Waals surface area contributed by atoms with Crippen LogP contribution in [0.15, 0.2) is 16.6 Å². The Morgan fingerprint density at radius 2 is 2.21 bits per heavy atom. The van der Waals surface area contributed by atoms with E-state index in [1.165, 1.54) is 7.11 Å². The fourth-order valence-corrected chi connectivity index (χ4v) is 1.76. The summed E-state index contributed by atoms with van der Waals surface area (Å²) in [4.78, 5) is 0. The van der Waals surface area contributed by atoms with Crippen LogP contribution in [0.4, 0.5) is 0 Å². The Morgan fingerprint density at radius 3 is 2.71 bits per heavy atom. The van der Waals surface area contributed by atoms with Gasteiger partial charge >= 0.3 is 0 Å². The van der Waals surface area contributed by atoms with Crippen LogP contribution in [0.1, 0.15) is 12.5 Å². The lowest BCUT2D eigenvalue weighted by atomic mass is 10.1. The van der Waals surface area contributed by atoms with Gasteiger partial charge in [0, 0.05) is 6.04 Å². The van der Waals surface area contributed by atoms with E-state index in [4.69, 9.17) is 10.5 Å². The Bertz CT molecular complexity index is 326. The summed E-state index contributed by atoms with van der Waals surface area (Å²) in [5, 5.41) is 9.55. The zero-order valence-electron chi connectivity index (χ0n) is 8.25. The molecule has 78 valence electrons. The normalized spacial score (nSPS) is 12.6. The third-order valence-electron chi connectivity index (χ3n) is 1.87. The number of ether oxygens (including phenoxy) is 1. The third-order valence-corrected chi connectivity index (χ3v) is 2.47. The summed E-state index contributed by atoms with van der Waals surface area (Å²) in [5.74, 6) is 0.593. The number of phenolic OH excluding ortho intramolecular Hbond substituents is 1. The van der Waals surface area contributed by atoms with Crippen LogP contribution in [0.5, 0.6) is 11.5 Å². The number of aromatic hydroxyl groups is 1. The summed E-state index contributed by atoms with van der Waals surface area (Å²) in [6, 6.07) is 3.74. The highest BCUT2D eigenvalue weighted by Crippen LogP contribution is 2.35. The first kappa shape index (κ1) is 11.3. The van der Waals surface area contributed by atoms with Crippen molar-refractivity contribution < 1.29 is 9.84 Å². The standard InChI is InChI=1S/C10H14BrNO2/c1-6(12)3-7-4-8(11)10(13)9(5-7)14-2/h4-6,13H,3,12H2,1-2H3/t6-/m0/s1. The molecule has 0 aliphatic rings. The Kier molecular flexibility index (Phi) is 3.77. The minimum atomic E-state index is 0.0937. The van der Waals surface area contributed by atoms with E-state index in [1.807, 2.05) is 13.0 Å². The lowest BCUT2D eigenvalue weighted by Crippen LogP contribution is -2.17. The van der Waals surface area contributed by atoms with Crippen LogP contribution in [0.2, 0.25) is 0 Å². The van der Waals surface area contributed by atoms with Crippen molar-refractivity contribution in [2.24, 2.45) is 5.73 Å². The molecule has 3 N–H and O–H groups in total. The highest BCUT2D eigenvalue weighted by molar-refractivity contribution is 9.10. The Hall–Kier alpha value is -0.740. The van der Waals surface area contributed by atoms with Crippen molar-refractivity contribution in [1.29, 1.82) is 0 Å². The van der Waals surface area contributed by atoms with Crippen LogP contribution in [-0.4, -0.2) is 18.3 Å². The van der Waals surface area contributed by atoms with E-state index in [9.17, 15) is 5.11 Å². The molecule has 0 saturated heterocycles. The summed E-state index contributed by atoms with van der Waals surface area (Å²) in [5.41, 5.74) is 6.73. The first-order valence-electron chi connectivity index (χ1n) is 4.35. The molecule has 0 bridgehead atoms. The smallest absolute Gasteiger partial charge is 0.172 e. The topological polar surface area (TPSA) is 55.5 Å². The molecule has 14 heavy (non-hydrogen) atoms. The van der Waals surface area contributed by atoms with Gasteiger partial charge in [-0.25, -0.2) is 0 Å². The van der Waals surface area contributed by atoms with Crippen molar-refractivity contribution in [2.75, 3.05) is 7.11 Å². The van der Waals surface area contributed by atoms with Crippen LogP contribution in [0.3, 0.4) is 0 Å². The van der Waals surface area contributed by atoms with Gasteiger partial charge in [-0.2, -0.15) is 0 Å². The lowest BCUT2D eigenvalue weighted by Gasteiger charge is -2.10. The predicted molar refractivity (Wildman–Crippen MR) is 59.7 cm³/mol. The van der Waals surface area contributed by atoms with Crippen LogP contribution in [0.25, 0.3) is 0 Å². The number of nitrogens with two attached hydrogens (primary N) is 1. The van der Waals surface area contributed by atoms with Crippen molar-refractivity contribution >= 4 is 15.9 Å². The molecule has 4 heteroatoms. The van der Waals surface area contributed by atoms with Crippen molar-refractivity contribution in [2.45, 2.75) is 19.4 Å². The number of rotatable bonds is 3. The van der Waals surface area contributed by atoms with Gasteiger partial charge in [-0.3, -0.25) is 0 Å². The zero-order chi connectivity index (χ0) is 10.7. The second-order valence-electron chi connectivity index (χ2n) is 3.31. The predicted octanol–water partition coefficient (Wildman–Crippen LogP) is 2.05. The number of hydrogen-bond donors (Lipinski definition) is 2. The molecule has 1 rings (SSSR count). The first-order chi connectivity index (χ1) is 6.54. The third kappa shape index (κ3) is 2.62. The second kappa shape index (κ2) is 4.66. The summed E-state index contributed by atoms with van der Waals surface area (Å²) in [6.07, 6.45) is 0.759. The molecule has 0 unspecified atom stereocenters. The van der Waals surface area contributed by atoms with Gasteiger partial charge in [0.1, 0.15) is 0 Å². The number of halogens is 1. The van der Waals surface area contributed by atoms with Crippen LogP contribution in [-0.2, 0) is 6.42 Å². The quantitative estimate of drug-likeness (QED) is 0.874. The number of benzene rings is 1. The molecule has 0 heterocycles. The van der Waals surface area contributed by atoms with Gasteiger partial charge in [0.15, 0.2) is 11.5 Å². The van der Waals surface area contributed by atoms with Gasteiger partial charge in [-0.1, -0.05) is 0 Å². The fraction of sp³-hybridized carbons (Fsp3) is 0.400. The summed E-state index contributed by atoms with van der Waals surface area (Å²) < 4.78 is 5.66. The molecule has 0 fully saturated rings. The monoisotopic (exact) mass is 259 g/mol. The second-order valence-corrected chi connectivity index (χ2v) is 4.16. The molecule has 0 radical (unpaired) electrons. The van der Waals surface area contributed by atoms with Crippen LogP contribution >= 0.6 is 15.9 Å². The fourth-order valence-electron chi connectivity index (χ4n) is 1.27. The Balaban J connectivity index is 3.03. The number of hydrogen-bond acceptors (Lipinski definition) is 3. The molecular weight excluding hydrogens is 246 g/mol. The van der Waals surface area contributed by atoms with Crippen molar-refractivity contribution in [3.63, 3.8) is 0 Å². The summed E-state index contributed by atoms with van der Waals surface area (Å²) in [7, 11) is 1.52. The van der Waals surface area contributed by atoms with E-state index in [-0.39, 0.29) is 11.8 Å². The Labute approximate surface area is 92.0 Å². The Morgan fingerprint density at radius 1 is 1.57 bits per heavy atom. The highest BCUT2D eigenvalue weighted by atomic mass is 79.9. The lowest BCUT2D eigenvalue weighted by molar-refractivity contribution is 0.371. The number of phenols is 1. The molecule has 0 aliphatic carbocycles. The molecule has 3 nitrogen and oxygen atoms in total. The van der Waals surface area contributed by atoms with Gasteiger partial charge in [-0.15, -0.1) is 0 Å². The average Bonchev–Trinajstić information content (AvgIpc) is 2.10. The van der Waals surface area contributed by atoms with E-state index >= 15 is 0 Å². The molecule has 1 aromatic rings. The molecule has 0 aliphatic heterocycles. The van der Waals surface area contributed by atoms with Gasteiger partial charge in [0.2, 0.25) is 0 Å². The van der Waals surface area contributed by atoms with Gasteiger partial charge < -0.3 is 15.6 Å². The van der Waals surface area contributed by atoms with E-state index in [0.717, 1.165) is 12.0 Å². The largest absolute Gasteiger partial charge is 0.503 e. The van der Waals surface area contributed by atoms with Gasteiger partial charge in [0.25, 0.3) is 0 Å². The maximum Gasteiger partial charge on any atom is 0.172 e. The van der Waals surface area contributed by atoms with Crippen molar-refractivity contribution in [1.82, 2.24) is 0 Å². The SMILES string of the molecule is COc1cc(C[C@H](C)N)cc(Br)c1O. The molecule has 0 aromatic heterocycles. The van der Waals surface area contributed by atoms with Crippen molar-refractivity contribution in [3.05, 3.63) is 22.2 Å². The van der Waals surface area contributed by atoms with Crippen LogP contribution in [0, 0.1) is 0 Å². The molecule has 0 spiro atoms. The van der Waals surface area contributed by atoms with E-state index in [2.05, 4.69) is 15.9 Å². The van der Waals surface area contributed by atoms with E-state index < -0.39 is 0 Å². The van der Waals surface area contributed by atoms with Crippen molar-refractivity contribution in [3.8, 4) is 11.5 Å². The molecular formula is C10H14BrNO2. The molecule has 1 atom stereocenters. The summed E-state index contributed by atoms with van der Waals surface area (Å²) >= 11 is 3.26. The maximum absolute atomic E-state index is 9.55. The van der Waals surface area contributed by atoms with Crippen LogP contribution < -0.4 is 10.5 Å². The summed E-state index contributed by atoms with van der Waals surface area (Å²) in [6.45, 7) is 1.94. The first-order valence-corrected chi connectivity index (χ1v) is 5.15. The minimum Gasteiger partial charge on any atom is -0.503 e.